The van der Waals surface area contributed by atoms with Gasteiger partial charge in [0.2, 0.25) is 0 Å². The topological polar surface area (TPSA) is 79.2 Å². The molecule has 0 aromatic rings. The van der Waals surface area contributed by atoms with E-state index < -0.39 is 11.4 Å². The van der Waals surface area contributed by atoms with Crippen molar-refractivity contribution in [2.75, 3.05) is 6.61 Å². The van der Waals surface area contributed by atoms with E-state index in [1.54, 1.807) is 6.92 Å². The van der Waals surface area contributed by atoms with Crippen molar-refractivity contribution in [3.63, 3.8) is 0 Å². The molecular formula is C13H20N2O3. The zero-order chi connectivity index (χ0) is 13.9. The minimum absolute atomic E-state index is 0.0226. The summed E-state index contributed by atoms with van der Waals surface area (Å²) >= 11 is 0. The smallest absolute Gasteiger partial charge is 0.309 e. The van der Waals surface area contributed by atoms with E-state index in [0.29, 0.717) is 5.92 Å². The first-order valence-corrected chi connectivity index (χ1v) is 6.19. The predicted octanol–water partition coefficient (Wildman–Crippen LogP) is 1.24. The van der Waals surface area contributed by atoms with E-state index >= 15 is 0 Å². The highest BCUT2D eigenvalue weighted by Crippen LogP contribution is 2.38. The maximum absolute atomic E-state index is 11.6. The number of carbonyl (C=O) groups is 2. The third-order valence-electron chi connectivity index (χ3n) is 3.54. The van der Waals surface area contributed by atoms with E-state index in [2.05, 4.69) is 11.4 Å². The van der Waals surface area contributed by atoms with Gasteiger partial charge in [-0.3, -0.25) is 9.59 Å². The van der Waals surface area contributed by atoms with Gasteiger partial charge >= 0.3 is 5.97 Å². The number of ether oxygens (including phenoxy) is 1. The molecular weight excluding hydrogens is 232 g/mol. The lowest BCUT2D eigenvalue weighted by Gasteiger charge is -2.27. The molecule has 1 fully saturated rings. The third kappa shape index (κ3) is 3.46. The minimum Gasteiger partial charge on any atom is -0.455 e. The monoisotopic (exact) mass is 252 g/mol. The lowest BCUT2D eigenvalue weighted by molar-refractivity contribution is -0.150. The fraction of sp³-hybridized carbons (Fsp3) is 0.769. The van der Waals surface area contributed by atoms with Crippen molar-refractivity contribution < 1.29 is 14.3 Å². The summed E-state index contributed by atoms with van der Waals surface area (Å²) in [4.78, 5) is 23.0. The lowest BCUT2D eigenvalue weighted by atomic mass is 9.90. The van der Waals surface area contributed by atoms with Gasteiger partial charge in [0.15, 0.2) is 6.61 Å². The van der Waals surface area contributed by atoms with Crippen molar-refractivity contribution in [2.45, 2.75) is 39.7 Å². The van der Waals surface area contributed by atoms with Crippen LogP contribution in [0.5, 0.6) is 0 Å². The van der Waals surface area contributed by atoms with Gasteiger partial charge in [0, 0.05) is 0 Å². The number of rotatable bonds is 5. The Morgan fingerprint density at radius 3 is 2.50 bits per heavy atom. The molecule has 0 aromatic carbocycles. The minimum atomic E-state index is -0.934. The van der Waals surface area contributed by atoms with Gasteiger partial charge in [-0.25, -0.2) is 0 Å². The molecule has 0 spiro atoms. The summed E-state index contributed by atoms with van der Waals surface area (Å²) in [6, 6.07) is 2.07. The Balaban J connectivity index is 2.38. The molecule has 0 bridgehead atoms. The van der Waals surface area contributed by atoms with Crippen LogP contribution >= 0.6 is 0 Å². The summed E-state index contributed by atoms with van der Waals surface area (Å²) in [6.45, 7) is 7.01. The van der Waals surface area contributed by atoms with Gasteiger partial charge in [0.25, 0.3) is 5.91 Å². The first-order valence-electron chi connectivity index (χ1n) is 6.19. The van der Waals surface area contributed by atoms with Crippen LogP contribution in [0.25, 0.3) is 0 Å². The summed E-state index contributed by atoms with van der Waals surface area (Å²) in [5.41, 5.74) is -0.934. The Labute approximate surface area is 107 Å². The van der Waals surface area contributed by atoms with Gasteiger partial charge in [-0.1, -0.05) is 20.8 Å². The normalized spacial score (nSPS) is 24.9. The second-order valence-corrected chi connectivity index (χ2v) is 5.44. The largest absolute Gasteiger partial charge is 0.455 e. The SMILES string of the molecule is CC(C)[C@](C)(C#N)NC(=O)COC(=O)[C@@H]1C[C@H]1C. The van der Waals surface area contributed by atoms with Crippen molar-refractivity contribution in [3.05, 3.63) is 0 Å². The highest BCUT2D eigenvalue weighted by Gasteiger charge is 2.40. The zero-order valence-corrected chi connectivity index (χ0v) is 11.3. The lowest BCUT2D eigenvalue weighted by Crippen LogP contribution is -2.50. The summed E-state index contributed by atoms with van der Waals surface area (Å²) in [6.07, 6.45) is 0.836. The van der Waals surface area contributed by atoms with Crippen LogP contribution in [-0.4, -0.2) is 24.0 Å². The van der Waals surface area contributed by atoms with Gasteiger partial charge in [-0.2, -0.15) is 5.26 Å². The molecule has 1 rings (SSSR count). The summed E-state index contributed by atoms with van der Waals surface area (Å²) in [5, 5.41) is 11.6. The average molecular weight is 252 g/mol. The molecule has 18 heavy (non-hydrogen) atoms. The molecule has 100 valence electrons. The van der Waals surface area contributed by atoms with E-state index in [9.17, 15) is 9.59 Å². The third-order valence-corrected chi connectivity index (χ3v) is 3.54. The van der Waals surface area contributed by atoms with E-state index in [4.69, 9.17) is 10.00 Å². The maximum Gasteiger partial charge on any atom is 0.309 e. The van der Waals surface area contributed by atoms with Gasteiger partial charge in [-0.05, 0) is 25.2 Å². The van der Waals surface area contributed by atoms with Crippen LogP contribution in [0.4, 0.5) is 0 Å². The van der Waals surface area contributed by atoms with Gasteiger partial charge < -0.3 is 10.1 Å². The van der Waals surface area contributed by atoms with Gasteiger partial charge in [0.05, 0.1) is 12.0 Å². The van der Waals surface area contributed by atoms with Crippen molar-refractivity contribution in [1.29, 1.82) is 5.26 Å². The molecule has 3 atom stereocenters. The molecule has 0 aromatic heterocycles. The van der Waals surface area contributed by atoms with E-state index in [-0.39, 0.29) is 24.4 Å². The Morgan fingerprint density at radius 1 is 1.56 bits per heavy atom. The van der Waals surface area contributed by atoms with Crippen molar-refractivity contribution in [1.82, 2.24) is 5.32 Å². The molecule has 0 aliphatic heterocycles. The van der Waals surface area contributed by atoms with E-state index in [0.717, 1.165) is 6.42 Å². The molecule has 0 unspecified atom stereocenters. The van der Waals surface area contributed by atoms with Crippen LogP contribution in [0.15, 0.2) is 0 Å². The van der Waals surface area contributed by atoms with Crippen LogP contribution < -0.4 is 5.32 Å². The van der Waals surface area contributed by atoms with Crippen LogP contribution in [0, 0.1) is 29.1 Å². The molecule has 1 aliphatic rings. The number of hydrogen-bond donors (Lipinski definition) is 1. The quantitative estimate of drug-likeness (QED) is 0.747. The second kappa shape index (κ2) is 5.38. The number of nitrogens with one attached hydrogen (secondary N) is 1. The predicted molar refractivity (Wildman–Crippen MR) is 65.2 cm³/mol. The zero-order valence-electron chi connectivity index (χ0n) is 11.3. The molecule has 1 saturated carbocycles. The molecule has 0 saturated heterocycles. The van der Waals surface area contributed by atoms with Crippen molar-refractivity contribution in [2.24, 2.45) is 17.8 Å². The Bertz CT molecular complexity index is 386. The number of hydrogen-bond acceptors (Lipinski definition) is 4. The number of carbonyl (C=O) groups excluding carboxylic acids is 2. The van der Waals surface area contributed by atoms with Crippen LogP contribution in [0.3, 0.4) is 0 Å². The number of amides is 1. The van der Waals surface area contributed by atoms with E-state index in [1.165, 1.54) is 0 Å². The van der Waals surface area contributed by atoms with Crippen molar-refractivity contribution in [3.8, 4) is 6.07 Å². The van der Waals surface area contributed by atoms with Crippen LogP contribution in [0.2, 0.25) is 0 Å². The van der Waals surface area contributed by atoms with Crippen molar-refractivity contribution >= 4 is 11.9 Å². The average Bonchev–Trinajstić information content (AvgIpc) is 3.03. The standard InChI is InChI=1S/C13H20N2O3/c1-8(2)13(4,7-14)15-11(16)6-18-12(17)10-5-9(10)3/h8-10H,5-6H2,1-4H3,(H,15,16)/t9-,10-,13+/m1/s1. The molecule has 1 amide bonds. The fourth-order valence-corrected chi connectivity index (χ4v) is 1.52. The Kier molecular flexibility index (Phi) is 4.33. The maximum atomic E-state index is 11.6. The highest BCUT2D eigenvalue weighted by molar-refractivity contribution is 5.83. The number of nitriles is 1. The first-order chi connectivity index (χ1) is 8.30. The second-order valence-electron chi connectivity index (χ2n) is 5.44. The van der Waals surface area contributed by atoms with Gasteiger partial charge in [0.1, 0.15) is 5.54 Å². The molecule has 5 nitrogen and oxygen atoms in total. The van der Waals surface area contributed by atoms with E-state index in [1.807, 2.05) is 20.8 Å². The molecule has 5 heteroatoms. The Hall–Kier alpha value is -1.57. The fourth-order valence-electron chi connectivity index (χ4n) is 1.52. The molecule has 0 radical (unpaired) electrons. The number of nitrogens with zero attached hydrogens (tertiary/aromatic N) is 1. The van der Waals surface area contributed by atoms with Crippen LogP contribution in [-0.2, 0) is 14.3 Å². The summed E-state index contributed by atoms with van der Waals surface area (Å²) in [7, 11) is 0. The number of esters is 1. The summed E-state index contributed by atoms with van der Waals surface area (Å²) in [5.74, 6) is -0.466. The first kappa shape index (κ1) is 14.5. The highest BCUT2D eigenvalue weighted by atomic mass is 16.5. The molecule has 1 N–H and O–H groups in total. The molecule has 1 aliphatic carbocycles. The van der Waals surface area contributed by atoms with Gasteiger partial charge in [-0.15, -0.1) is 0 Å². The summed E-state index contributed by atoms with van der Waals surface area (Å²) < 4.78 is 4.91. The Morgan fingerprint density at radius 2 is 2.11 bits per heavy atom. The molecule has 0 heterocycles. The van der Waals surface area contributed by atoms with Crippen LogP contribution in [0.1, 0.15) is 34.1 Å².